The summed E-state index contributed by atoms with van der Waals surface area (Å²) in [7, 11) is 0. The molecule has 0 unspecified atom stereocenters. The fourth-order valence-corrected chi connectivity index (χ4v) is 5.88. The SMILES string of the molecule is Cc1c(-c2ccc(C(N)=O)c3[nH]c4cc(N5CCOC5=O)ccc4c23)cccc1N1Cc2ccccc2C1=O. The molecule has 0 spiro atoms. The van der Waals surface area contributed by atoms with Crippen molar-refractivity contribution in [1.29, 1.82) is 0 Å². The molecule has 3 heterocycles. The van der Waals surface area contributed by atoms with E-state index >= 15 is 0 Å². The lowest BCUT2D eigenvalue weighted by molar-refractivity contribution is 0.0990. The highest BCUT2D eigenvalue weighted by molar-refractivity contribution is 6.20. The third-order valence-electron chi connectivity index (χ3n) is 7.78. The highest BCUT2D eigenvalue weighted by atomic mass is 16.6. The van der Waals surface area contributed by atoms with E-state index < -0.39 is 5.91 Å². The summed E-state index contributed by atoms with van der Waals surface area (Å²) in [5.41, 5.74) is 13.7. The number of nitrogens with one attached hydrogen (secondary N) is 1. The normalized spacial score (nSPS) is 14.9. The highest BCUT2D eigenvalue weighted by Gasteiger charge is 2.30. The van der Waals surface area contributed by atoms with Crippen LogP contribution < -0.4 is 15.5 Å². The number of hydrogen-bond donors (Lipinski definition) is 2. The number of nitrogens with two attached hydrogens (primary N) is 1. The molecule has 2 aliphatic rings. The largest absolute Gasteiger partial charge is 0.447 e. The van der Waals surface area contributed by atoms with Crippen LogP contribution >= 0.6 is 0 Å². The van der Waals surface area contributed by atoms with Crippen LogP contribution in [0.2, 0.25) is 0 Å². The summed E-state index contributed by atoms with van der Waals surface area (Å²) in [6.07, 6.45) is -0.380. The maximum atomic E-state index is 13.3. The lowest BCUT2D eigenvalue weighted by Crippen LogP contribution is -2.24. The average molecular weight is 517 g/mol. The molecule has 0 atom stereocenters. The minimum Gasteiger partial charge on any atom is -0.447 e. The Kier molecular flexibility index (Phi) is 5.00. The van der Waals surface area contributed by atoms with E-state index in [4.69, 9.17) is 10.5 Å². The molecule has 0 saturated carbocycles. The molecule has 0 radical (unpaired) electrons. The number of ether oxygens (including phenoxy) is 1. The lowest BCUT2D eigenvalue weighted by atomic mass is 9.93. The summed E-state index contributed by atoms with van der Waals surface area (Å²) >= 11 is 0. The quantitative estimate of drug-likeness (QED) is 0.328. The number of carbonyl (C=O) groups excluding carboxylic acids is 3. The van der Waals surface area contributed by atoms with Crippen LogP contribution in [0.5, 0.6) is 0 Å². The molecular weight excluding hydrogens is 492 g/mol. The fourth-order valence-electron chi connectivity index (χ4n) is 5.88. The molecule has 1 fully saturated rings. The summed E-state index contributed by atoms with van der Waals surface area (Å²) in [6.45, 7) is 3.36. The van der Waals surface area contributed by atoms with Crippen LogP contribution in [0.15, 0.2) is 72.8 Å². The minimum absolute atomic E-state index is 0.0138. The van der Waals surface area contributed by atoms with Gasteiger partial charge in [0.05, 0.1) is 24.2 Å². The van der Waals surface area contributed by atoms with Gasteiger partial charge in [-0.1, -0.05) is 42.5 Å². The van der Waals surface area contributed by atoms with Crippen molar-refractivity contribution < 1.29 is 19.1 Å². The van der Waals surface area contributed by atoms with Gasteiger partial charge in [0.25, 0.3) is 11.8 Å². The van der Waals surface area contributed by atoms with Gasteiger partial charge in [-0.15, -0.1) is 0 Å². The topological polar surface area (TPSA) is 109 Å². The molecule has 7 rings (SSSR count). The van der Waals surface area contributed by atoms with Crippen LogP contribution in [0, 0.1) is 6.92 Å². The van der Waals surface area contributed by atoms with E-state index in [1.54, 1.807) is 11.0 Å². The number of aromatic nitrogens is 1. The summed E-state index contributed by atoms with van der Waals surface area (Å²) in [6, 6.07) is 23.0. The second-order valence-corrected chi connectivity index (χ2v) is 9.89. The van der Waals surface area contributed by atoms with Gasteiger partial charge < -0.3 is 20.4 Å². The summed E-state index contributed by atoms with van der Waals surface area (Å²) in [5, 5.41) is 1.75. The number of H-pyrrole nitrogens is 1. The van der Waals surface area contributed by atoms with Gasteiger partial charge in [-0.05, 0) is 59.5 Å². The first kappa shape index (κ1) is 23.0. The molecule has 39 heavy (non-hydrogen) atoms. The molecule has 5 aromatic rings. The molecule has 8 nitrogen and oxygen atoms in total. The monoisotopic (exact) mass is 516 g/mol. The molecule has 1 aromatic heterocycles. The van der Waals surface area contributed by atoms with E-state index in [1.165, 1.54) is 0 Å². The van der Waals surface area contributed by atoms with Crippen molar-refractivity contribution in [1.82, 2.24) is 4.98 Å². The molecular formula is C31H24N4O4. The van der Waals surface area contributed by atoms with Crippen LogP contribution in [0.3, 0.4) is 0 Å². The van der Waals surface area contributed by atoms with Gasteiger partial charge in [-0.25, -0.2) is 4.79 Å². The van der Waals surface area contributed by atoms with Gasteiger partial charge >= 0.3 is 6.09 Å². The van der Waals surface area contributed by atoms with Crippen molar-refractivity contribution in [2.45, 2.75) is 13.5 Å². The number of anilines is 2. The lowest BCUT2D eigenvalue weighted by Gasteiger charge is -2.21. The molecule has 0 bridgehead atoms. The Hall–Kier alpha value is -5.11. The summed E-state index contributed by atoms with van der Waals surface area (Å²) < 4.78 is 5.10. The third kappa shape index (κ3) is 3.41. The first-order chi connectivity index (χ1) is 18.9. The molecule has 3 amide bonds. The first-order valence-electron chi connectivity index (χ1n) is 12.7. The molecule has 2 aliphatic heterocycles. The Morgan fingerprint density at radius 2 is 1.74 bits per heavy atom. The number of carbonyl (C=O) groups is 3. The Balaban J connectivity index is 1.41. The zero-order valence-corrected chi connectivity index (χ0v) is 21.2. The second-order valence-electron chi connectivity index (χ2n) is 9.89. The molecule has 4 aromatic carbocycles. The van der Waals surface area contributed by atoms with Gasteiger partial charge in [0.1, 0.15) is 6.61 Å². The van der Waals surface area contributed by atoms with Crippen molar-refractivity contribution in [2.75, 3.05) is 23.0 Å². The van der Waals surface area contributed by atoms with Crippen LogP contribution in [-0.2, 0) is 11.3 Å². The number of aromatic amines is 1. The maximum Gasteiger partial charge on any atom is 0.414 e. The Bertz CT molecular complexity index is 1870. The van der Waals surface area contributed by atoms with E-state index in [-0.39, 0.29) is 12.0 Å². The fraction of sp³-hybridized carbons (Fsp3) is 0.129. The van der Waals surface area contributed by atoms with E-state index in [2.05, 4.69) is 4.98 Å². The molecule has 192 valence electrons. The maximum absolute atomic E-state index is 13.3. The van der Waals surface area contributed by atoms with Crippen molar-refractivity contribution in [3.05, 3.63) is 95.1 Å². The number of cyclic esters (lactones) is 1. The van der Waals surface area contributed by atoms with Gasteiger partial charge in [0, 0.05) is 33.2 Å². The Morgan fingerprint density at radius 3 is 2.51 bits per heavy atom. The first-order valence-corrected chi connectivity index (χ1v) is 12.7. The number of benzene rings is 4. The van der Waals surface area contributed by atoms with E-state index in [0.717, 1.165) is 49.8 Å². The van der Waals surface area contributed by atoms with Crippen LogP contribution in [0.25, 0.3) is 32.9 Å². The number of nitrogens with zero attached hydrogens (tertiary/aromatic N) is 2. The highest BCUT2D eigenvalue weighted by Crippen LogP contribution is 2.41. The Labute approximate surface area is 223 Å². The van der Waals surface area contributed by atoms with E-state index in [1.807, 2.05) is 78.6 Å². The van der Waals surface area contributed by atoms with Crippen LogP contribution in [-0.4, -0.2) is 36.0 Å². The Morgan fingerprint density at radius 1 is 0.923 bits per heavy atom. The zero-order valence-electron chi connectivity index (χ0n) is 21.2. The molecule has 0 aliphatic carbocycles. The summed E-state index contributed by atoms with van der Waals surface area (Å²) in [5.74, 6) is -0.549. The second kappa shape index (κ2) is 8.46. The summed E-state index contributed by atoms with van der Waals surface area (Å²) in [4.78, 5) is 44.6. The smallest absolute Gasteiger partial charge is 0.414 e. The van der Waals surface area contributed by atoms with Crippen LogP contribution in [0.4, 0.5) is 16.2 Å². The van der Waals surface area contributed by atoms with Crippen LogP contribution in [0.1, 0.15) is 31.8 Å². The van der Waals surface area contributed by atoms with Crippen molar-refractivity contribution in [2.24, 2.45) is 5.73 Å². The number of fused-ring (bicyclic) bond motifs is 4. The van der Waals surface area contributed by atoms with Crippen molar-refractivity contribution in [3.63, 3.8) is 0 Å². The van der Waals surface area contributed by atoms with Gasteiger partial charge in [0.2, 0.25) is 0 Å². The van der Waals surface area contributed by atoms with Gasteiger partial charge in [-0.3, -0.25) is 14.5 Å². The minimum atomic E-state index is -0.535. The third-order valence-corrected chi connectivity index (χ3v) is 7.78. The van der Waals surface area contributed by atoms with E-state index in [0.29, 0.717) is 36.5 Å². The predicted molar refractivity (Wildman–Crippen MR) is 150 cm³/mol. The molecule has 1 saturated heterocycles. The van der Waals surface area contributed by atoms with E-state index in [9.17, 15) is 14.4 Å². The molecule has 3 N–H and O–H groups in total. The molecule has 8 heteroatoms. The predicted octanol–water partition coefficient (Wildman–Crippen LogP) is 5.51. The van der Waals surface area contributed by atoms with Crippen molar-refractivity contribution >= 4 is 51.1 Å². The number of amides is 3. The number of rotatable bonds is 4. The number of hydrogen-bond acceptors (Lipinski definition) is 4. The van der Waals surface area contributed by atoms with Gasteiger partial charge in [-0.2, -0.15) is 0 Å². The average Bonchev–Trinajstić information content (AvgIpc) is 3.63. The zero-order chi connectivity index (χ0) is 26.8. The van der Waals surface area contributed by atoms with Crippen molar-refractivity contribution in [3.8, 4) is 11.1 Å². The van der Waals surface area contributed by atoms with Gasteiger partial charge in [0.15, 0.2) is 0 Å². The number of primary amides is 1. The standard InChI is InChI=1S/C31H24N4O4/c1-17-20(7-4-8-26(17)35-16-18-5-2-3-6-21(18)30(35)37)22-11-12-24(29(32)36)28-27(22)23-10-9-19(15-25(23)33-28)34-13-14-39-31(34)38/h2-12,15,33H,13-14,16H2,1H3,(H2,32,36).